The molecule has 2 aromatic carbocycles. The molecule has 0 bridgehead atoms. The number of benzene rings is 2. The zero-order valence-corrected chi connectivity index (χ0v) is 20.5. The molecule has 0 saturated carbocycles. The summed E-state index contributed by atoms with van der Waals surface area (Å²) in [5.41, 5.74) is 6.32. The minimum atomic E-state index is -0.494. The van der Waals surface area contributed by atoms with Gasteiger partial charge in [-0.25, -0.2) is 0 Å². The Kier molecular flexibility index (Phi) is 10.4. The van der Waals surface area contributed by atoms with E-state index >= 15 is 0 Å². The molecule has 3 N–H and O–H groups in total. The fourth-order valence-corrected chi connectivity index (χ4v) is 3.01. The summed E-state index contributed by atoms with van der Waals surface area (Å²) in [6.45, 7) is 4.66. The van der Waals surface area contributed by atoms with E-state index < -0.39 is 11.8 Å². The van der Waals surface area contributed by atoms with Crippen LogP contribution in [0.4, 0.5) is 0 Å². The molecule has 0 fully saturated rings. The summed E-state index contributed by atoms with van der Waals surface area (Å²) in [5.74, 6) is 0.424. The minimum Gasteiger partial charge on any atom is -0.490 e. The van der Waals surface area contributed by atoms with Gasteiger partial charge in [0.05, 0.1) is 12.2 Å². The van der Waals surface area contributed by atoms with Crippen LogP contribution in [0.5, 0.6) is 11.5 Å². The molecule has 172 valence electrons. The average Bonchev–Trinajstić information content (AvgIpc) is 2.77. The van der Waals surface area contributed by atoms with Gasteiger partial charge in [0.1, 0.15) is 18.1 Å². The number of hydrogen-bond donors (Lipinski definition) is 3. The lowest BCUT2D eigenvalue weighted by Gasteiger charge is -2.14. The molecule has 2 aromatic rings. The fraction of sp³-hybridized carbons (Fsp3) is 0.318. The Balaban J connectivity index is 1.81. The Labute approximate surface area is 201 Å². The molecule has 2 amide bonds. The third-order valence-electron chi connectivity index (χ3n) is 4.19. The quantitative estimate of drug-likeness (QED) is 0.263. The molecule has 0 spiro atoms. The number of amides is 2. The summed E-state index contributed by atoms with van der Waals surface area (Å²) >= 11 is 8.41. The highest BCUT2D eigenvalue weighted by Gasteiger charge is 2.15. The average molecular weight is 524 g/mol. The normalized spacial score (nSPS) is 10.4. The van der Waals surface area contributed by atoms with Crippen molar-refractivity contribution in [3.05, 3.63) is 58.1 Å². The first-order valence-corrected chi connectivity index (χ1v) is 11.0. The maximum atomic E-state index is 12.6. The van der Waals surface area contributed by atoms with Gasteiger partial charge in [-0.1, -0.05) is 41.9 Å². The van der Waals surface area contributed by atoms with Gasteiger partial charge in [-0.05, 0) is 54.0 Å². The van der Waals surface area contributed by atoms with Crippen LogP contribution >= 0.6 is 28.1 Å². The van der Waals surface area contributed by atoms with Crippen LogP contribution in [0.25, 0.3) is 0 Å². The molecular formula is C22H26BrN3O5S. The highest BCUT2D eigenvalue weighted by atomic mass is 79.9. The van der Waals surface area contributed by atoms with Gasteiger partial charge in [0, 0.05) is 11.6 Å². The van der Waals surface area contributed by atoms with Gasteiger partial charge in [0.15, 0.2) is 11.7 Å². The molecule has 2 rings (SSSR count). The van der Waals surface area contributed by atoms with Crippen LogP contribution in [-0.4, -0.2) is 43.9 Å². The number of hydrogen-bond acceptors (Lipinski definition) is 6. The van der Waals surface area contributed by atoms with E-state index in [-0.39, 0.29) is 23.9 Å². The van der Waals surface area contributed by atoms with Crippen molar-refractivity contribution in [1.29, 1.82) is 0 Å². The van der Waals surface area contributed by atoms with Gasteiger partial charge >= 0.3 is 0 Å². The van der Waals surface area contributed by atoms with Gasteiger partial charge in [-0.3, -0.25) is 25.8 Å². The zero-order chi connectivity index (χ0) is 23.5. The van der Waals surface area contributed by atoms with Crippen LogP contribution in [0.1, 0.15) is 35.7 Å². The smallest absolute Gasteiger partial charge is 0.276 e. The van der Waals surface area contributed by atoms with E-state index in [9.17, 15) is 9.59 Å². The van der Waals surface area contributed by atoms with Crippen molar-refractivity contribution in [2.75, 3.05) is 26.9 Å². The monoisotopic (exact) mass is 523 g/mol. The first-order valence-electron chi connectivity index (χ1n) is 9.84. The molecule has 0 unspecified atom stereocenters. The van der Waals surface area contributed by atoms with Gasteiger partial charge in [-0.15, -0.1) is 0 Å². The van der Waals surface area contributed by atoms with E-state index in [4.69, 9.17) is 26.4 Å². The number of nitrogens with one attached hydrogen (secondary N) is 3. The Bertz CT molecular complexity index is 938. The molecule has 0 aromatic heterocycles. The van der Waals surface area contributed by atoms with Crippen molar-refractivity contribution in [1.82, 2.24) is 16.2 Å². The minimum absolute atomic E-state index is 0.0764. The van der Waals surface area contributed by atoms with Gasteiger partial charge < -0.3 is 14.2 Å². The van der Waals surface area contributed by atoms with Gasteiger partial charge in [-0.2, -0.15) is 0 Å². The zero-order valence-electron chi connectivity index (χ0n) is 18.1. The SMILES string of the molecule is COCCOc1ccc(Br)cc1C(=O)NC(=S)NNC(=O)COc1ccc(C(C)C)cc1. The lowest BCUT2D eigenvalue weighted by molar-refractivity contribution is -0.123. The number of carbonyl (C=O) groups is 2. The molecule has 0 heterocycles. The predicted octanol–water partition coefficient (Wildman–Crippen LogP) is 3.31. The first-order chi connectivity index (χ1) is 15.3. The first kappa shape index (κ1) is 25.6. The Morgan fingerprint density at radius 3 is 2.41 bits per heavy atom. The molecule has 0 radical (unpaired) electrons. The predicted molar refractivity (Wildman–Crippen MR) is 129 cm³/mol. The van der Waals surface area contributed by atoms with Gasteiger partial charge in [0.2, 0.25) is 0 Å². The molecule has 10 heteroatoms. The topological polar surface area (TPSA) is 97.9 Å². The summed E-state index contributed by atoms with van der Waals surface area (Å²) < 4.78 is 16.7. The highest BCUT2D eigenvalue weighted by Crippen LogP contribution is 2.23. The Morgan fingerprint density at radius 1 is 1.03 bits per heavy atom. The van der Waals surface area contributed by atoms with Crippen molar-refractivity contribution in [3.8, 4) is 11.5 Å². The van der Waals surface area contributed by atoms with Crippen LogP contribution in [0.3, 0.4) is 0 Å². The number of hydrazine groups is 1. The number of halogens is 1. The summed E-state index contributed by atoms with van der Waals surface area (Å²) in [7, 11) is 1.56. The number of ether oxygens (including phenoxy) is 3. The molecule has 0 aliphatic rings. The third kappa shape index (κ3) is 8.45. The Hall–Kier alpha value is -2.69. The van der Waals surface area contributed by atoms with E-state index in [1.54, 1.807) is 25.3 Å². The van der Waals surface area contributed by atoms with Crippen LogP contribution in [0.2, 0.25) is 0 Å². The van der Waals surface area contributed by atoms with Crippen molar-refractivity contribution in [2.24, 2.45) is 0 Å². The summed E-state index contributed by atoms with van der Waals surface area (Å²) in [6, 6.07) is 12.6. The van der Waals surface area contributed by atoms with Crippen molar-refractivity contribution >= 4 is 45.1 Å². The number of carbonyl (C=O) groups excluding carboxylic acids is 2. The summed E-state index contributed by atoms with van der Waals surface area (Å²) in [5, 5.41) is 2.42. The number of methoxy groups -OCH3 is 1. The van der Waals surface area contributed by atoms with Crippen LogP contribution < -0.4 is 25.6 Å². The van der Waals surface area contributed by atoms with Crippen LogP contribution in [-0.2, 0) is 9.53 Å². The lowest BCUT2D eigenvalue weighted by Crippen LogP contribution is -2.49. The van der Waals surface area contributed by atoms with E-state index in [1.165, 1.54) is 5.56 Å². The van der Waals surface area contributed by atoms with E-state index in [1.807, 2.05) is 24.3 Å². The second kappa shape index (κ2) is 13.0. The fourth-order valence-electron chi connectivity index (χ4n) is 2.50. The maximum Gasteiger partial charge on any atom is 0.276 e. The molecule has 32 heavy (non-hydrogen) atoms. The molecule has 0 atom stereocenters. The molecular weight excluding hydrogens is 498 g/mol. The van der Waals surface area contributed by atoms with E-state index in [0.717, 1.165) is 0 Å². The number of thiocarbonyl (C=S) groups is 1. The lowest BCUT2D eigenvalue weighted by atomic mass is 10.0. The van der Waals surface area contributed by atoms with Gasteiger partial charge in [0.25, 0.3) is 11.8 Å². The van der Waals surface area contributed by atoms with Crippen molar-refractivity contribution in [2.45, 2.75) is 19.8 Å². The molecule has 8 nitrogen and oxygen atoms in total. The summed E-state index contributed by atoms with van der Waals surface area (Å²) in [4.78, 5) is 24.6. The molecule has 0 aliphatic carbocycles. The van der Waals surface area contributed by atoms with Crippen molar-refractivity contribution < 1.29 is 23.8 Å². The molecule has 0 saturated heterocycles. The molecule has 0 aliphatic heterocycles. The van der Waals surface area contributed by atoms with Crippen LogP contribution in [0.15, 0.2) is 46.9 Å². The van der Waals surface area contributed by atoms with E-state index in [2.05, 4.69) is 45.9 Å². The second-order valence-electron chi connectivity index (χ2n) is 6.95. The highest BCUT2D eigenvalue weighted by molar-refractivity contribution is 9.10. The standard InChI is InChI=1S/C22H26BrN3O5S/c1-14(2)15-4-7-17(8-5-15)31-13-20(27)25-26-22(32)24-21(28)18-12-16(23)6-9-19(18)30-11-10-29-3/h4-9,12,14H,10-11,13H2,1-3H3,(H,25,27)(H2,24,26,28,32). The third-order valence-corrected chi connectivity index (χ3v) is 4.89. The summed E-state index contributed by atoms with van der Waals surface area (Å²) in [6.07, 6.45) is 0. The number of rotatable bonds is 9. The van der Waals surface area contributed by atoms with Crippen LogP contribution in [0, 0.1) is 0 Å². The largest absolute Gasteiger partial charge is 0.490 e. The Morgan fingerprint density at radius 2 is 1.75 bits per heavy atom. The second-order valence-corrected chi connectivity index (χ2v) is 8.27. The maximum absolute atomic E-state index is 12.6. The van der Waals surface area contributed by atoms with Crippen molar-refractivity contribution in [3.63, 3.8) is 0 Å². The van der Waals surface area contributed by atoms with E-state index in [0.29, 0.717) is 28.5 Å².